The lowest BCUT2D eigenvalue weighted by molar-refractivity contribution is -0.0414. The van der Waals surface area contributed by atoms with E-state index in [4.69, 9.17) is 14.3 Å². The third kappa shape index (κ3) is 6.77. The van der Waals surface area contributed by atoms with Crippen molar-refractivity contribution in [2.75, 3.05) is 19.8 Å². The van der Waals surface area contributed by atoms with Crippen molar-refractivity contribution in [1.82, 2.24) is 10.8 Å². The van der Waals surface area contributed by atoms with Crippen LogP contribution in [0.2, 0.25) is 0 Å². The Morgan fingerprint density at radius 2 is 1.96 bits per heavy atom. The molecule has 3 N–H and O–H groups in total. The first-order valence-electron chi connectivity index (χ1n) is 9.86. The van der Waals surface area contributed by atoms with Gasteiger partial charge in [0.05, 0.1) is 31.5 Å². The summed E-state index contributed by atoms with van der Waals surface area (Å²) in [7, 11) is 0. The second kappa shape index (κ2) is 10.6. The lowest BCUT2D eigenvalue weighted by Gasteiger charge is -2.25. The molecule has 3 atom stereocenters. The van der Waals surface area contributed by atoms with Crippen molar-refractivity contribution in [1.29, 1.82) is 0 Å². The number of alkyl carbamates (subject to hydrolysis) is 1. The summed E-state index contributed by atoms with van der Waals surface area (Å²) >= 11 is 0. The number of amides is 1. The molecule has 150 valence electrons. The summed E-state index contributed by atoms with van der Waals surface area (Å²) in [5, 5.41) is 13.4. The number of hydroxylamine groups is 1. The average Bonchev–Trinajstić information content (AvgIpc) is 3.36. The van der Waals surface area contributed by atoms with Crippen LogP contribution in [0.25, 0.3) is 0 Å². The molecular formula is C20H30N2O5. The normalized spacial score (nSPS) is 22.5. The Bertz CT molecular complexity index is 559. The number of aliphatic hydroxyl groups is 1. The quantitative estimate of drug-likeness (QED) is 0.569. The first kappa shape index (κ1) is 20.1. The van der Waals surface area contributed by atoms with E-state index in [0.717, 1.165) is 18.4 Å². The second-order valence-corrected chi connectivity index (χ2v) is 7.27. The van der Waals surface area contributed by atoms with Crippen LogP contribution in [0.1, 0.15) is 37.7 Å². The summed E-state index contributed by atoms with van der Waals surface area (Å²) in [6.07, 6.45) is 4.33. The molecule has 0 spiro atoms. The van der Waals surface area contributed by atoms with Crippen LogP contribution in [0.5, 0.6) is 0 Å². The first-order chi connectivity index (χ1) is 13.2. The Kier molecular flexibility index (Phi) is 7.89. The van der Waals surface area contributed by atoms with Gasteiger partial charge in [-0.25, -0.2) is 4.79 Å². The van der Waals surface area contributed by atoms with Gasteiger partial charge in [-0.1, -0.05) is 43.2 Å². The van der Waals surface area contributed by atoms with Crippen molar-refractivity contribution < 1.29 is 24.2 Å². The van der Waals surface area contributed by atoms with Gasteiger partial charge in [0, 0.05) is 13.0 Å². The van der Waals surface area contributed by atoms with Gasteiger partial charge in [0.25, 0.3) is 0 Å². The molecule has 7 heteroatoms. The van der Waals surface area contributed by atoms with E-state index in [0.29, 0.717) is 26.1 Å². The predicted molar refractivity (Wildman–Crippen MR) is 100 cm³/mol. The van der Waals surface area contributed by atoms with Crippen molar-refractivity contribution in [2.24, 2.45) is 0 Å². The third-order valence-electron chi connectivity index (χ3n) is 5.07. The van der Waals surface area contributed by atoms with Crippen LogP contribution in [-0.4, -0.2) is 55.3 Å². The van der Waals surface area contributed by atoms with Crippen LogP contribution in [-0.2, 0) is 20.7 Å². The van der Waals surface area contributed by atoms with E-state index in [9.17, 15) is 9.90 Å². The van der Waals surface area contributed by atoms with Crippen molar-refractivity contribution in [3.05, 3.63) is 35.9 Å². The van der Waals surface area contributed by atoms with Gasteiger partial charge in [-0.2, -0.15) is 5.48 Å². The monoisotopic (exact) mass is 378 g/mol. The predicted octanol–water partition coefficient (Wildman–Crippen LogP) is 1.94. The molecule has 1 aliphatic heterocycles. The van der Waals surface area contributed by atoms with E-state index < -0.39 is 18.2 Å². The Labute approximate surface area is 160 Å². The maximum atomic E-state index is 12.2. The van der Waals surface area contributed by atoms with E-state index in [1.807, 2.05) is 30.3 Å². The molecule has 1 aliphatic carbocycles. The SMILES string of the molecule is O=C(N[C@@H](Cc1ccccc1)[C@@H](O)CNOC1CCCC1)O[C@H]1CCOC1. The number of carbonyl (C=O) groups is 1. The third-order valence-corrected chi connectivity index (χ3v) is 5.07. The van der Waals surface area contributed by atoms with Crippen LogP contribution in [0.15, 0.2) is 30.3 Å². The van der Waals surface area contributed by atoms with E-state index in [2.05, 4.69) is 10.8 Å². The van der Waals surface area contributed by atoms with E-state index in [1.165, 1.54) is 12.8 Å². The zero-order chi connectivity index (χ0) is 18.9. The minimum Gasteiger partial charge on any atom is -0.444 e. The molecule has 2 aliphatic rings. The molecule has 1 aromatic carbocycles. The van der Waals surface area contributed by atoms with Gasteiger partial charge in [0.1, 0.15) is 6.10 Å². The van der Waals surface area contributed by atoms with Crippen LogP contribution >= 0.6 is 0 Å². The molecule has 0 aromatic heterocycles. The fourth-order valence-corrected chi connectivity index (χ4v) is 3.49. The van der Waals surface area contributed by atoms with Gasteiger partial charge in [0.15, 0.2) is 0 Å². The molecule has 27 heavy (non-hydrogen) atoms. The zero-order valence-electron chi connectivity index (χ0n) is 15.6. The highest BCUT2D eigenvalue weighted by atomic mass is 16.7. The highest BCUT2D eigenvalue weighted by molar-refractivity contribution is 5.68. The summed E-state index contributed by atoms with van der Waals surface area (Å²) in [6.45, 7) is 1.27. The highest BCUT2D eigenvalue weighted by Gasteiger charge is 2.26. The number of carbonyl (C=O) groups excluding carboxylic acids is 1. The summed E-state index contributed by atoms with van der Waals surface area (Å²) in [4.78, 5) is 17.9. The Morgan fingerprint density at radius 3 is 2.67 bits per heavy atom. The minimum absolute atomic E-state index is 0.213. The Morgan fingerprint density at radius 1 is 1.19 bits per heavy atom. The molecule has 1 saturated carbocycles. The summed E-state index contributed by atoms with van der Waals surface area (Å²) in [6, 6.07) is 9.28. The number of nitrogens with one attached hydrogen (secondary N) is 2. The fourth-order valence-electron chi connectivity index (χ4n) is 3.49. The second-order valence-electron chi connectivity index (χ2n) is 7.27. The summed E-state index contributed by atoms with van der Waals surface area (Å²) in [5.74, 6) is 0. The zero-order valence-corrected chi connectivity index (χ0v) is 15.6. The summed E-state index contributed by atoms with van der Waals surface area (Å²) in [5.41, 5.74) is 3.91. The number of hydrogen-bond acceptors (Lipinski definition) is 6. The lowest BCUT2D eigenvalue weighted by atomic mass is 10.0. The molecule has 0 radical (unpaired) electrons. The first-order valence-corrected chi connectivity index (χ1v) is 9.86. The van der Waals surface area contributed by atoms with Crippen LogP contribution in [0.4, 0.5) is 4.79 Å². The van der Waals surface area contributed by atoms with Gasteiger partial charge in [-0.15, -0.1) is 0 Å². The van der Waals surface area contributed by atoms with Crippen molar-refractivity contribution in [2.45, 2.75) is 62.9 Å². The van der Waals surface area contributed by atoms with E-state index in [1.54, 1.807) is 0 Å². The molecule has 3 rings (SSSR count). The minimum atomic E-state index is -0.806. The number of hydrogen-bond donors (Lipinski definition) is 3. The number of rotatable bonds is 9. The highest BCUT2D eigenvalue weighted by Crippen LogP contribution is 2.20. The lowest BCUT2D eigenvalue weighted by Crippen LogP contribution is -2.49. The molecule has 1 amide bonds. The maximum absolute atomic E-state index is 12.2. The topological polar surface area (TPSA) is 89.1 Å². The van der Waals surface area contributed by atoms with Gasteiger partial charge in [-0.05, 0) is 24.8 Å². The summed E-state index contributed by atoms with van der Waals surface area (Å²) < 4.78 is 10.6. The Balaban J connectivity index is 1.51. The van der Waals surface area contributed by atoms with Crippen molar-refractivity contribution in [3.8, 4) is 0 Å². The molecule has 0 bridgehead atoms. The van der Waals surface area contributed by atoms with Gasteiger partial charge in [0.2, 0.25) is 0 Å². The average molecular weight is 378 g/mol. The van der Waals surface area contributed by atoms with Crippen molar-refractivity contribution in [3.63, 3.8) is 0 Å². The molecule has 7 nitrogen and oxygen atoms in total. The van der Waals surface area contributed by atoms with Crippen molar-refractivity contribution >= 4 is 6.09 Å². The van der Waals surface area contributed by atoms with Crippen LogP contribution in [0.3, 0.4) is 0 Å². The molecule has 1 heterocycles. The molecule has 1 saturated heterocycles. The van der Waals surface area contributed by atoms with E-state index in [-0.39, 0.29) is 18.8 Å². The maximum Gasteiger partial charge on any atom is 0.407 e. The standard InChI is InChI=1S/C20H30N2O5/c23-19(13-21-27-16-8-4-5-9-16)18(12-15-6-2-1-3-7-15)22-20(24)26-17-10-11-25-14-17/h1-3,6-7,16-19,21,23H,4-5,8-14H2,(H,22,24)/t17-,18-,19-/m0/s1. The van der Waals surface area contributed by atoms with E-state index >= 15 is 0 Å². The number of benzene rings is 1. The van der Waals surface area contributed by atoms with Gasteiger partial charge >= 0.3 is 6.09 Å². The number of aliphatic hydroxyl groups excluding tert-OH is 1. The van der Waals surface area contributed by atoms with Crippen LogP contribution in [0, 0.1) is 0 Å². The smallest absolute Gasteiger partial charge is 0.407 e. The molecule has 0 unspecified atom stereocenters. The molecule has 1 aromatic rings. The molecular weight excluding hydrogens is 348 g/mol. The van der Waals surface area contributed by atoms with Crippen LogP contribution < -0.4 is 10.8 Å². The fraction of sp³-hybridized carbons (Fsp3) is 0.650. The van der Waals surface area contributed by atoms with Gasteiger partial charge < -0.3 is 19.9 Å². The number of ether oxygens (including phenoxy) is 2. The largest absolute Gasteiger partial charge is 0.444 e. The van der Waals surface area contributed by atoms with Gasteiger partial charge in [-0.3, -0.25) is 4.84 Å². The molecule has 2 fully saturated rings. The Hall–Kier alpha value is -1.67.